The summed E-state index contributed by atoms with van der Waals surface area (Å²) in [5.74, 6) is -1.62. The average molecular weight is 251 g/mol. The zero-order valence-electron chi connectivity index (χ0n) is 10.1. The van der Waals surface area contributed by atoms with Gasteiger partial charge in [0.05, 0.1) is 6.07 Å². The Labute approximate surface area is 105 Å². The van der Waals surface area contributed by atoms with Gasteiger partial charge in [-0.25, -0.2) is 8.78 Å². The molecule has 0 radical (unpaired) electrons. The van der Waals surface area contributed by atoms with E-state index in [9.17, 15) is 8.78 Å². The van der Waals surface area contributed by atoms with E-state index in [2.05, 4.69) is 11.0 Å². The highest BCUT2D eigenvalue weighted by molar-refractivity contribution is 5.47. The molecule has 2 rings (SSSR count). The molecule has 1 saturated heterocycles. The maximum atomic E-state index is 13.1. The molecule has 0 unspecified atom stereocenters. The van der Waals surface area contributed by atoms with Gasteiger partial charge in [0.1, 0.15) is 0 Å². The SMILES string of the molecule is N#CCCN1CCN(c2ccc(F)c(F)c2)CC1. The third-order valence-electron chi connectivity index (χ3n) is 3.18. The predicted octanol–water partition coefficient (Wildman–Crippen LogP) is 2.00. The molecule has 1 fully saturated rings. The van der Waals surface area contributed by atoms with E-state index in [1.54, 1.807) is 6.07 Å². The number of rotatable bonds is 3. The molecule has 0 spiro atoms. The van der Waals surface area contributed by atoms with Crippen molar-refractivity contribution < 1.29 is 8.78 Å². The first-order valence-electron chi connectivity index (χ1n) is 6.00. The maximum absolute atomic E-state index is 13.1. The molecule has 0 aromatic heterocycles. The summed E-state index contributed by atoms with van der Waals surface area (Å²) in [6.07, 6.45) is 0.533. The van der Waals surface area contributed by atoms with Gasteiger partial charge < -0.3 is 4.90 Å². The van der Waals surface area contributed by atoms with Gasteiger partial charge in [0.25, 0.3) is 0 Å². The van der Waals surface area contributed by atoms with Crippen LogP contribution < -0.4 is 4.90 Å². The Morgan fingerprint density at radius 1 is 1.11 bits per heavy atom. The van der Waals surface area contributed by atoms with Crippen LogP contribution in [0.15, 0.2) is 18.2 Å². The first kappa shape index (κ1) is 12.8. The lowest BCUT2D eigenvalue weighted by atomic mass is 10.2. The second-order valence-corrected chi connectivity index (χ2v) is 4.34. The molecule has 1 aromatic rings. The van der Waals surface area contributed by atoms with Crippen molar-refractivity contribution in [3.05, 3.63) is 29.8 Å². The van der Waals surface area contributed by atoms with Crippen molar-refractivity contribution >= 4 is 5.69 Å². The third kappa shape index (κ3) is 2.96. The van der Waals surface area contributed by atoms with Crippen molar-refractivity contribution in [1.82, 2.24) is 4.90 Å². The molecule has 0 bridgehead atoms. The number of anilines is 1. The zero-order valence-corrected chi connectivity index (χ0v) is 10.1. The number of benzene rings is 1. The van der Waals surface area contributed by atoms with E-state index in [-0.39, 0.29) is 0 Å². The van der Waals surface area contributed by atoms with E-state index in [1.165, 1.54) is 6.07 Å². The molecule has 0 amide bonds. The van der Waals surface area contributed by atoms with Gasteiger partial charge in [-0.1, -0.05) is 0 Å². The van der Waals surface area contributed by atoms with Gasteiger partial charge >= 0.3 is 0 Å². The number of halogens is 2. The van der Waals surface area contributed by atoms with E-state index in [4.69, 9.17) is 5.26 Å². The molecule has 0 aliphatic carbocycles. The van der Waals surface area contributed by atoms with E-state index < -0.39 is 11.6 Å². The molecule has 5 heteroatoms. The molecular formula is C13H15F2N3. The zero-order chi connectivity index (χ0) is 13.0. The van der Waals surface area contributed by atoms with Gasteiger partial charge in [0.15, 0.2) is 11.6 Å². The second-order valence-electron chi connectivity index (χ2n) is 4.34. The predicted molar refractivity (Wildman–Crippen MR) is 65.2 cm³/mol. The molecule has 96 valence electrons. The fourth-order valence-corrected chi connectivity index (χ4v) is 2.12. The fraction of sp³-hybridized carbons (Fsp3) is 0.462. The molecule has 3 nitrogen and oxygen atoms in total. The van der Waals surface area contributed by atoms with Crippen LogP contribution >= 0.6 is 0 Å². The number of nitriles is 1. The van der Waals surface area contributed by atoms with Gasteiger partial charge in [-0.05, 0) is 12.1 Å². The minimum atomic E-state index is -0.814. The van der Waals surface area contributed by atoms with Crippen molar-refractivity contribution in [2.24, 2.45) is 0 Å². The highest BCUT2D eigenvalue weighted by Gasteiger charge is 2.17. The Kier molecular flexibility index (Phi) is 4.11. The fourth-order valence-electron chi connectivity index (χ4n) is 2.12. The molecule has 1 aliphatic rings. The van der Waals surface area contributed by atoms with Crippen molar-refractivity contribution in [3.63, 3.8) is 0 Å². The van der Waals surface area contributed by atoms with Gasteiger partial charge in [-0.3, -0.25) is 4.90 Å². The molecule has 1 aromatic carbocycles. The number of piperazine rings is 1. The van der Waals surface area contributed by atoms with Crippen LogP contribution in [-0.2, 0) is 0 Å². The monoisotopic (exact) mass is 251 g/mol. The summed E-state index contributed by atoms with van der Waals surface area (Å²) < 4.78 is 26.0. The normalized spacial score (nSPS) is 16.6. The van der Waals surface area contributed by atoms with Crippen LogP contribution in [0.25, 0.3) is 0 Å². The minimum Gasteiger partial charge on any atom is -0.369 e. The van der Waals surface area contributed by atoms with Gasteiger partial charge in [-0.2, -0.15) is 5.26 Å². The molecule has 0 N–H and O–H groups in total. The van der Waals surface area contributed by atoms with E-state index >= 15 is 0 Å². The average Bonchev–Trinajstić information content (AvgIpc) is 2.40. The van der Waals surface area contributed by atoms with Crippen LogP contribution in [-0.4, -0.2) is 37.6 Å². The maximum Gasteiger partial charge on any atom is 0.160 e. The number of nitrogens with zero attached hydrogens (tertiary/aromatic N) is 3. The quantitative estimate of drug-likeness (QED) is 0.823. The topological polar surface area (TPSA) is 30.3 Å². The highest BCUT2D eigenvalue weighted by Crippen LogP contribution is 2.19. The first-order chi connectivity index (χ1) is 8.70. The lowest BCUT2D eigenvalue weighted by Crippen LogP contribution is -2.46. The van der Waals surface area contributed by atoms with Gasteiger partial charge in [-0.15, -0.1) is 0 Å². The Morgan fingerprint density at radius 3 is 2.44 bits per heavy atom. The first-order valence-corrected chi connectivity index (χ1v) is 6.00. The Morgan fingerprint density at radius 2 is 1.83 bits per heavy atom. The van der Waals surface area contributed by atoms with Crippen molar-refractivity contribution in [2.75, 3.05) is 37.6 Å². The Balaban J connectivity index is 1.93. The Bertz CT molecular complexity index is 448. The summed E-state index contributed by atoms with van der Waals surface area (Å²) in [4.78, 5) is 4.24. The number of hydrogen-bond donors (Lipinski definition) is 0. The third-order valence-corrected chi connectivity index (χ3v) is 3.18. The van der Waals surface area contributed by atoms with Crippen LogP contribution in [0.2, 0.25) is 0 Å². The van der Waals surface area contributed by atoms with Crippen molar-refractivity contribution in [2.45, 2.75) is 6.42 Å². The summed E-state index contributed by atoms with van der Waals surface area (Å²) in [6, 6.07) is 6.12. The van der Waals surface area contributed by atoms with E-state index in [1.807, 2.05) is 4.90 Å². The summed E-state index contributed by atoms with van der Waals surface area (Å²) in [7, 11) is 0. The molecule has 0 saturated carbocycles. The minimum absolute atomic E-state index is 0.533. The molecule has 18 heavy (non-hydrogen) atoms. The van der Waals surface area contributed by atoms with Gasteiger partial charge in [0, 0.05) is 50.9 Å². The summed E-state index contributed by atoms with van der Waals surface area (Å²) in [5.41, 5.74) is 0.717. The van der Waals surface area contributed by atoms with Crippen molar-refractivity contribution in [1.29, 1.82) is 5.26 Å². The van der Waals surface area contributed by atoms with Crippen molar-refractivity contribution in [3.8, 4) is 6.07 Å². The molecular weight excluding hydrogens is 236 g/mol. The summed E-state index contributed by atoms with van der Waals surface area (Å²) in [5, 5.41) is 8.52. The molecule has 1 aliphatic heterocycles. The van der Waals surface area contributed by atoms with E-state index in [0.717, 1.165) is 38.8 Å². The van der Waals surface area contributed by atoms with E-state index in [0.29, 0.717) is 12.1 Å². The second kappa shape index (κ2) is 5.78. The smallest absolute Gasteiger partial charge is 0.160 e. The van der Waals surface area contributed by atoms with Crippen LogP contribution in [0.5, 0.6) is 0 Å². The largest absolute Gasteiger partial charge is 0.369 e. The van der Waals surface area contributed by atoms with Crippen LogP contribution in [0.1, 0.15) is 6.42 Å². The standard InChI is InChI=1S/C13H15F2N3/c14-12-3-2-11(10-13(12)15)18-8-6-17(7-9-18)5-1-4-16/h2-3,10H,1,5-9H2. The number of hydrogen-bond acceptors (Lipinski definition) is 3. The molecule has 1 heterocycles. The van der Waals surface area contributed by atoms with Crippen LogP contribution in [0.3, 0.4) is 0 Å². The highest BCUT2D eigenvalue weighted by atomic mass is 19.2. The lowest BCUT2D eigenvalue weighted by Gasteiger charge is -2.35. The van der Waals surface area contributed by atoms with Gasteiger partial charge in [0.2, 0.25) is 0 Å². The van der Waals surface area contributed by atoms with Crippen LogP contribution in [0, 0.1) is 23.0 Å². The summed E-state index contributed by atoms with van der Waals surface area (Å²) >= 11 is 0. The Hall–Kier alpha value is -1.67. The summed E-state index contributed by atoms with van der Waals surface area (Å²) in [6.45, 7) is 4.02. The molecule has 0 atom stereocenters. The lowest BCUT2D eigenvalue weighted by molar-refractivity contribution is 0.263. The van der Waals surface area contributed by atoms with Crippen LogP contribution in [0.4, 0.5) is 14.5 Å².